The van der Waals surface area contributed by atoms with Crippen molar-refractivity contribution in [3.05, 3.63) is 0 Å². The van der Waals surface area contributed by atoms with Crippen molar-refractivity contribution in [2.24, 2.45) is 4.99 Å². The first-order chi connectivity index (χ1) is 3.91. The van der Waals surface area contributed by atoms with Gasteiger partial charge >= 0.3 is 0 Å². The van der Waals surface area contributed by atoms with E-state index in [9.17, 15) is 0 Å². The summed E-state index contributed by atoms with van der Waals surface area (Å²) >= 11 is 0. The second kappa shape index (κ2) is 6.39. The molecule has 0 unspecified atom stereocenters. The molecule has 0 aromatic carbocycles. The standard InChI is InChI=1S/C4H11N3O/c1-3-5-4-6-7-8-2/h4,7H,3H2,1-2H3,(H,5,6). The van der Waals surface area contributed by atoms with Crippen LogP contribution in [-0.4, -0.2) is 20.0 Å². The fourth-order valence-electron chi connectivity index (χ4n) is 0.222. The van der Waals surface area contributed by atoms with E-state index in [0.717, 1.165) is 6.54 Å². The molecule has 0 saturated carbocycles. The van der Waals surface area contributed by atoms with E-state index in [2.05, 4.69) is 20.8 Å². The first kappa shape index (κ1) is 7.39. The van der Waals surface area contributed by atoms with Gasteiger partial charge in [-0.3, -0.25) is 15.3 Å². The smallest absolute Gasteiger partial charge is 0.0983 e. The van der Waals surface area contributed by atoms with E-state index in [1.807, 2.05) is 6.92 Å². The third kappa shape index (κ3) is 5.39. The molecular weight excluding hydrogens is 106 g/mol. The Labute approximate surface area is 48.9 Å². The second-order valence-electron chi connectivity index (χ2n) is 1.08. The monoisotopic (exact) mass is 117 g/mol. The number of nitrogens with zero attached hydrogens (tertiary/aromatic N) is 1. The van der Waals surface area contributed by atoms with Crippen molar-refractivity contribution in [2.75, 3.05) is 13.7 Å². The zero-order valence-corrected chi connectivity index (χ0v) is 5.14. The number of hydrazine groups is 1. The van der Waals surface area contributed by atoms with Crippen molar-refractivity contribution in [3.8, 4) is 0 Å². The SMILES string of the molecule is CCN=CNNOC. The second-order valence-corrected chi connectivity index (χ2v) is 1.08. The molecule has 8 heavy (non-hydrogen) atoms. The van der Waals surface area contributed by atoms with E-state index in [-0.39, 0.29) is 0 Å². The zero-order chi connectivity index (χ0) is 6.24. The maximum absolute atomic E-state index is 4.44. The van der Waals surface area contributed by atoms with Gasteiger partial charge in [-0.1, -0.05) is 0 Å². The lowest BCUT2D eigenvalue weighted by atomic mass is 10.8. The van der Waals surface area contributed by atoms with Crippen LogP contribution in [0.15, 0.2) is 4.99 Å². The summed E-state index contributed by atoms with van der Waals surface area (Å²) in [6.45, 7) is 2.73. The van der Waals surface area contributed by atoms with E-state index < -0.39 is 0 Å². The molecule has 0 fully saturated rings. The van der Waals surface area contributed by atoms with Gasteiger partial charge < -0.3 is 0 Å². The van der Waals surface area contributed by atoms with Crippen molar-refractivity contribution in [1.82, 2.24) is 11.0 Å². The summed E-state index contributed by atoms with van der Waals surface area (Å²) in [6.07, 6.45) is 1.53. The molecule has 4 heteroatoms. The number of hydrogen-bond acceptors (Lipinski definition) is 3. The van der Waals surface area contributed by atoms with E-state index in [0.29, 0.717) is 0 Å². The summed E-state index contributed by atoms with van der Waals surface area (Å²) < 4.78 is 0. The molecule has 0 aromatic rings. The molecule has 0 saturated heterocycles. The van der Waals surface area contributed by atoms with Crippen LogP contribution in [-0.2, 0) is 4.84 Å². The molecule has 0 amide bonds. The fourth-order valence-corrected chi connectivity index (χ4v) is 0.222. The van der Waals surface area contributed by atoms with Crippen LogP contribution >= 0.6 is 0 Å². The van der Waals surface area contributed by atoms with Gasteiger partial charge in [0.15, 0.2) is 0 Å². The van der Waals surface area contributed by atoms with Crippen LogP contribution in [0.25, 0.3) is 0 Å². The Morgan fingerprint density at radius 1 is 1.75 bits per heavy atom. The summed E-state index contributed by atoms with van der Waals surface area (Å²) in [5.74, 6) is 0. The summed E-state index contributed by atoms with van der Waals surface area (Å²) in [5, 5.41) is 0. The van der Waals surface area contributed by atoms with Gasteiger partial charge in [-0.25, -0.2) is 0 Å². The summed E-state index contributed by atoms with van der Waals surface area (Å²) in [4.78, 5) is 8.27. The molecule has 0 aromatic heterocycles. The van der Waals surface area contributed by atoms with Crippen LogP contribution in [0.1, 0.15) is 6.92 Å². The highest BCUT2D eigenvalue weighted by atomic mass is 16.7. The highest BCUT2D eigenvalue weighted by Gasteiger charge is 1.66. The molecule has 48 valence electrons. The summed E-state index contributed by atoms with van der Waals surface area (Å²) in [5.41, 5.74) is 4.96. The highest BCUT2D eigenvalue weighted by Crippen LogP contribution is 1.56. The van der Waals surface area contributed by atoms with Crippen LogP contribution < -0.4 is 11.0 Å². The molecule has 0 atom stereocenters. The van der Waals surface area contributed by atoms with E-state index in [1.165, 1.54) is 13.4 Å². The van der Waals surface area contributed by atoms with Gasteiger partial charge in [0.2, 0.25) is 0 Å². The fraction of sp³-hybridized carbons (Fsp3) is 0.750. The van der Waals surface area contributed by atoms with Crippen LogP contribution in [0.4, 0.5) is 0 Å². The number of hydrogen-bond donors (Lipinski definition) is 2. The maximum atomic E-state index is 4.44. The zero-order valence-electron chi connectivity index (χ0n) is 5.14. The van der Waals surface area contributed by atoms with Gasteiger partial charge in [0.1, 0.15) is 0 Å². The number of nitrogens with one attached hydrogen (secondary N) is 2. The Balaban J connectivity index is 2.80. The first-order valence-electron chi connectivity index (χ1n) is 2.43. The van der Waals surface area contributed by atoms with Gasteiger partial charge in [-0.05, 0) is 6.92 Å². The molecule has 0 heterocycles. The van der Waals surface area contributed by atoms with Crippen molar-refractivity contribution >= 4 is 6.34 Å². The van der Waals surface area contributed by atoms with Gasteiger partial charge in [0.25, 0.3) is 0 Å². The Morgan fingerprint density at radius 3 is 3.00 bits per heavy atom. The Kier molecular flexibility index (Phi) is 5.90. The maximum Gasteiger partial charge on any atom is 0.0983 e. The lowest BCUT2D eigenvalue weighted by molar-refractivity contribution is 0.0746. The average Bonchev–Trinajstić information content (AvgIpc) is 1.81. The minimum absolute atomic E-state index is 0.776. The molecule has 0 radical (unpaired) electrons. The highest BCUT2D eigenvalue weighted by molar-refractivity contribution is 5.52. The molecule has 0 aliphatic carbocycles. The lowest BCUT2D eigenvalue weighted by Crippen LogP contribution is -2.28. The summed E-state index contributed by atoms with van der Waals surface area (Å²) in [7, 11) is 1.52. The minimum atomic E-state index is 0.776. The van der Waals surface area contributed by atoms with E-state index >= 15 is 0 Å². The van der Waals surface area contributed by atoms with Crippen molar-refractivity contribution < 1.29 is 4.84 Å². The van der Waals surface area contributed by atoms with Crippen LogP contribution in [0.2, 0.25) is 0 Å². The molecule has 0 bridgehead atoms. The molecule has 2 N–H and O–H groups in total. The topological polar surface area (TPSA) is 45.7 Å². The molecule has 0 spiro atoms. The third-order valence-electron chi connectivity index (χ3n) is 0.499. The number of aliphatic imine (C=N–C) groups is 1. The quantitative estimate of drug-likeness (QED) is 0.230. The average molecular weight is 117 g/mol. The van der Waals surface area contributed by atoms with Crippen LogP contribution in [0.3, 0.4) is 0 Å². The van der Waals surface area contributed by atoms with Gasteiger partial charge in [-0.2, -0.15) is 0 Å². The predicted octanol–water partition coefficient (Wildman–Crippen LogP) is -0.310. The lowest BCUT2D eigenvalue weighted by Gasteiger charge is -1.95. The van der Waals surface area contributed by atoms with E-state index in [4.69, 9.17) is 0 Å². The Morgan fingerprint density at radius 2 is 2.50 bits per heavy atom. The van der Waals surface area contributed by atoms with Crippen LogP contribution in [0, 0.1) is 0 Å². The normalized spacial score (nSPS) is 10.2. The van der Waals surface area contributed by atoms with Crippen molar-refractivity contribution in [1.29, 1.82) is 0 Å². The molecule has 0 aliphatic rings. The minimum Gasteiger partial charge on any atom is -0.289 e. The predicted molar refractivity (Wildman–Crippen MR) is 32.3 cm³/mol. The van der Waals surface area contributed by atoms with E-state index in [1.54, 1.807) is 0 Å². The largest absolute Gasteiger partial charge is 0.289 e. The van der Waals surface area contributed by atoms with Gasteiger partial charge in [0.05, 0.1) is 13.4 Å². The summed E-state index contributed by atoms with van der Waals surface area (Å²) in [6, 6.07) is 0. The van der Waals surface area contributed by atoms with Crippen LogP contribution in [0.5, 0.6) is 0 Å². The van der Waals surface area contributed by atoms with Crippen molar-refractivity contribution in [3.63, 3.8) is 0 Å². The van der Waals surface area contributed by atoms with Crippen molar-refractivity contribution in [2.45, 2.75) is 6.92 Å². The first-order valence-corrected chi connectivity index (χ1v) is 2.43. The Bertz CT molecular complexity index is 64.3. The Hall–Kier alpha value is -0.610. The third-order valence-corrected chi connectivity index (χ3v) is 0.499. The van der Waals surface area contributed by atoms with Gasteiger partial charge in [-0.15, -0.1) is 5.59 Å². The molecule has 0 rings (SSSR count). The number of rotatable bonds is 4. The molecule has 4 nitrogen and oxygen atoms in total. The van der Waals surface area contributed by atoms with Gasteiger partial charge in [0, 0.05) is 6.54 Å². The molecular formula is C4H11N3O. The molecule has 0 aliphatic heterocycles.